The Morgan fingerprint density at radius 1 is 1.11 bits per heavy atom. The standard InChI is InChI=1S/C20H13BrF2N4O/c21-19-15(10-25-27(19)11-12-4-2-1-3-5-12)20(28)26-14-8-13-6-7-16(22)17(23)18(13)24-9-14/h1-10H,11H2,(H,26,28). The second-order valence-electron chi connectivity index (χ2n) is 6.10. The van der Waals surface area contributed by atoms with Crippen LogP contribution in [0.4, 0.5) is 14.5 Å². The van der Waals surface area contributed by atoms with Gasteiger partial charge >= 0.3 is 0 Å². The van der Waals surface area contributed by atoms with Crippen molar-refractivity contribution in [1.82, 2.24) is 14.8 Å². The van der Waals surface area contributed by atoms with Gasteiger partial charge in [-0.3, -0.25) is 14.5 Å². The lowest BCUT2D eigenvalue weighted by Crippen LogP contribution is -2.12. The molecular weight excluding hydrogens is 430 g/mol. The molecule has 0 bridgehead atoms. The van der Waals surface area contributed by atoms with E-state index in [1.807, 2.05) is 30.3 Å². The topological polar surface area (TPSA) is 59.8 Å². The normalized spacial score (nSPS) is 11.0. The maximum atomic E-state index is 13.7. The molecule has 2 aromatic heterocycles. The van der Waals surface area contributed by atoms with Crippen LogP contribution in [0.1, 0.15) is 15.9 Å². The van der Waals surface area contributed by atoms with Gasteiger partial charge in [-0.25, -0.2) is 8.78 Å². The number of hydrogen-bond donors (Lipinski definition) is 1. The van der Waals surface area contributed by atoms with Gasteiger partial charge in [0.15, 0.2) is 11.6 Å². The molecule has 0 aliphatic rings. The number of rotatable bonds is 4. The van der Waals surface area contributed by atoms with Gasteiger partial charge in [-0.05, 0) is 39.7 Å². The first-order chi connectivity index (χ1) is 13.5. The first-order valence-corrected chi connectivity index (χ1v) is 9.12. The van der Waals surface area contributed by atoms with Gasteiger partial charge in [0.05, 0.1) is 30.2 Å². The lowest BCUT2D eigenvalue weighted by atomic mass is 10.2. The van der Waals surface area contributed by atoms with E-state index in [1.165, 1.54) is 24.5 Å². The molecule has 140 valence electrons. The molecule has 0 spiro atoms. The van der Waals surface area contributed by atoms with Crippen LogP contribution in [0.25, 0.3) is 10.9 Å². The average Bonchev–Trinajstić information content (AvgIpc) is 3.06. The highest BCUT2D eigenvalue weighted by molar-refractivity contribution is 9.10. The number of benzene rings is 2. The van der Waals surface area contributed by atoms with Crippen LogP contribution < -0.4 is 5.32 Å². The van der Waals surface area contributed by atoms with Gasteiger partial charge in [0.25, 0.3) is 5.91 Å². The number of fused-ring (bicyclic) bond motifs is 1. The molecule has 1 amide bonds. The zero-order valence-electron chi connectivity index (χ0n) is 14.4. The lowest BCUT2D eigenvalue weighted by Gasteiger charge is -2.07. The van der Waals surface area contributed by atoms with Gasteiger partial charge in [0.2, 0.25) is 0 Å². The summed E-state index contributed by atoms with van der Waals surface area (Å²) in [5.74, 6) is -2.37. The third kappa shape index (κ3) is 3.50. The van der Waals surface area contributed by atoms with Gasteiger partial charge in [0, 0.05) is 5.39 Å². The van der Waals surface area contributed by atoms with Gasteiger partial charge in [-0.15, -0.1) is 0 Å². The number of carbonyl (C=O) groups excluding carboxylic acids is 1. The quantitative estimate of drug-likeness (QED) is 0.494. The molecular formula is C20H13BrF2N4O. The van der Waals surface area contributed by atoms with E-state index < -0.39 is 17.5 Å². The molecule has 2 aromatic carbocycles. The van der Waals surface area contributed by atoms with E-state index in [9.17, 15) is 13.6 Å². The SMILES string of the molecule is O=C(Nc1cnc2c(F)c(F)ccc2c1)c1cnn(Cc2ccccc2)c1Br. The summed E-state index contributed by atoms with van der Waals surface area (Å²) in [6, 6.07) is 13.7. The highest BCUT2D eigenvalue weighted by atomic mass is 79.9. The molecule has 5 nitrogen and oxygen atoms in total. The van der Waals surface area contributed by atoms with E-state index in [-0.39, 0.29) is 5.52 Å². The van der Waals surface area contributed by atoms with Crippen LogP contribution in [0, 0.1) is 11.6 Å². The molecule has 0 radical (unpaired) electrons. The fourth-order valence-electron chi connectivity index (χ4n) is 2.80. The van der Waals surface area contributed by atoms with E-state index in [1.54, 1.807) is 4.68 Å². The van der Waals surface area contributed by atoms with Crippen molar-refractivity contribution >= 4 is 38.4 Å². The van der Waals surface area contributed by atoms with Crippen LogP contribution in [0.5, 0.6) is 0 Å². The molecule has 2 heterocycles. The summed E-state index contributed by atoms with van der Waals surface area (Å²) in [4.78, 5) is 16.5. The summed E-state index contributed by atoms with van der Waals surface area (Å²) >= 11 is 3.41. The predicted octanol–water partition coefficient (Wildman–Crippen LogP) is 4.77. The van der Waals surface area contributed by atoms with E-state index >= 15 is 0 Å². The number of carbonyl (C=O) groups is 1. The van der Waals surface area contributed by atoms with Crippen LogP contribution in [-0.4, -0.2) is 20.7 Å². The van der Waals surface area contributed by atoms with Crippen LogP contribution in [-0.2, 0) is 6.54 Å². The monoisotopic (exact) mass is 442 g/mol. The summed E-state index contributed by atoms with van der Waals surface area (Å²) in [5, 5.41) is 7.33. The van der Waals surface area contributed by atoms with Crippen molar-refractivity contribution in [3.8, 4) is 0 Å². The third-order valence-electron chi connectivity index (χ3n) is 4.20. The van der Waals surface area contributed by atoms with Crippen molar-refractivity contribution in [2.75, 3.05) is 5.32 Å². The average molecular weight is 443 g/mol. The smallest absolute Gasteiger partial charge is 0.260 e. The Balaban J connectivity index is 1.56. The molecule has 0 fully saturated rings. The van der Waals surface area contributed by atoms with Crippen molar-refractivity contribution < 1.29 is 13.6 Å². The van der Waals surface area contributed by atoms with Crippen molar-refractivity contribution in [3.05, 3.63) is 88.3 Å². The molecule has 0 saturated carbocycles. The fourth-order valence-corrected chi connectivity index (χ4v) is 3.30. The number of nitrogens with one attached hydrogen (secondary N) is 1. The number of aromatic nitrogens is 3. The number of nitrogens with zero attached hydrogens (tertiary/aromatic N) is 3. The molecule has 1 N–H and O–H groups in total. The molecule has 0 aliphatic heterocycles. The van der Waals surface area contributed by atoms with Crippen molar-refractivity contribution in [2.24, 2.45) is 0 Å². The Labute approximate surface area is 167 Å². The molecule has 8 heteroatoms. The molecule has 0 aliphatic carbocycles. The molecule has 0 unspecified atom stereocenters. The number of amides is 1. The van der Waals surface area contributed by atoms with Crippen molar-refractivity contribution in [3.63, 3.8) is 0 Å². The minimum Gasteiger partial charge on any atom is -0.320 e. The van der Waals surface area contributed by atoms with E-state index in [4.69, 9.17) is 0 Å². The molecule has 4 rings (SSSR count). The Kier molecular flexibility index (Phi) is 4.87. The number of hydrogen-bond acceptors (Lipinski definition) is 3. The van der Waals surface area contributed by atoms with Gasteiger partial charge in [0.1, 0.15) is 10.1 Å². The Morgan fingerprint density at radius 3 is 2.68 bits per heavy atom. The zero-order valence-corrected chi connectivity index (χ0v) is 16.0. The second-order valence-corrected chi connectivity index (χ2v) is 6.85. The fraction of sp³-hybridized carbons (Fsp3) is 0.0500. The molecule has 28 heavy (non-hydrogen) atoms. The lowest BCUT2D eigenvalue weighted by molar-refractivity contribution is 0.102. The minimum atomic E-state index is -1.01. The number of pyridine rings is 1. The molecule has 0 saturated heterocycles. The maximum Gasteiger partial charge on any atom is 0.260 e. The van der Waals surface area contributed by atoms with Crippen LogP contribution in [0.3, 0.4) is 0 Å². The first-order valence-electron chi connectivity index (χ1n) is 8.33. The van der Waals surface area contributed by atoms with Gasteiger partial charge in [-0.2, -0.15) is 5.10 Å². The largest absolute Gasteiger partial charge is 0.320 e. The van der Waals surface area contributed by atoms with Gasteiger partial charge < -0.3 is 5.32 Å². The zero-order chi connectivity index (χ0) is 19.7. The molecule has 4 aromatic rings. The van der Waals surface area contributed by atoms with Crippen LogP contribution in [0.15, 0.2) is 65.5 Å². The number of halogens is 3. The van der Waals surface area contributed by atoms with E-state index in [2.05, 4.69) is 31.3 Å². The second kappa shape index (κ2) is 7.47. The summed E-state index contributed by atoms with van der Waals surface area (Å²) < 4.78 is 29.2. The van der Waals surface area contributed by atoms with Crippen molar-refractivity contribution in [1.29, 1.82) is 0 Å². The first kappa shape index (κ1) is 18.2. The van der Waals surface area contributed by atoms with Crippen LogP contribution in [0.2, 0.25) is 0 Å². The summed E-state index contributed by atoms with van der Waals surface area (Å²) in [5.41, 5.74) is 1.67. The highest BCUT2D eigenvalue weighted by Gasteiger charge is 2.17. The predicted molar refractivity (Wildman–Crippen MR) is 105 cm³/mol. The minimum absolute atomic E-state index is 0.0881. The molecule has 0 atom stereocenters. The van der Waals surface area contributed by atoms with E-state index in [0.29, 0.717) is 27.8 Å². The summed E-state index contributed by atoms with van der Waals surface area (Å²) in [7, 11) is 0. The third-order valence-corrected chi connectivity index (χ3v) is 5.03. The summed E-state index contributed by atoms with van der Waals surface area (Å²) in [6.45, 7) is 0.511. The van der Waals surface area contributed by atoms with E-state index in [0.717, 1.165) is 11.6 Å². The van der Waals surface area contributed by atoms with Crippen LogP contribution >= 0.6 is 15.9 Å². The van der Waals surface area contributed by atoms with Crippen molar-refractivity contribution in [2.45, 2.75) is 6.54 Å². The Morgan fingerprint density at radius 2 is 1.89 bits per heavy atom. The maximum absolute atomic E-state index is 13.7. The van der Waals surface area contributed by atoms with Gasteiger partial charge in [-0.1, -0.05) is 30.3 Å². The number of anilines is 1. The Hall–Kier alpha value is -3.13. The highest BCUT2D eigenvalue weighted by Crippen LogP contribution is 2.23. The Bertz CT molecular complexity index is 1180. The summed E-state index contributed by atoms with van der Waals surface area (Å²) in [6.07, 6.45) is 2.75.